The fourth-order valence-electron chi connectivity index (χ4n) is 2.07. The quantitative estimate of drug-likeness (QED) is 0.594. The van der Waals surface area contributed by atoms with Gasteiger partial charge < -0.3 is 9.64 Å². The first-order valence-corrected chi connectivity index (χ1v) is 8.28. The molecule has 2 aromatic rings. The number of hydrogen-bond acceptors (Lipinski definition) is 4. The number of nitrogens with zero attached hydrogens (tertiary/aromatic N) is 1. The van der Waals surface area contributed by atoms with Crippen molar-refractivity contribution in [1.82, 2.24) is 4.90 Å². The third-order valence-electron chi connectivity index (χ3n) is 3.40. The van der Waals surface area contributed by atoms with E-state index in [-0.39, 0.29) is 17.5 Å². The maximum atomic E-state index is 12.9. The molecular weight excluding hydrogens is 329 g/mol. The Labute approximate surface area is 144 Å². The van der Waals surface area contributed by atoms with Crippen LogP contribution >= 0.6 is 11.8 Å². The van der Waals surface area contributed by atoms with Crippen molar-refractivity contribution in [2.75, 3.05) is 19.9 Å². The van der Waals surface area contributed by atoms with E-state index in [4.69, 9.17) is 4.74 Å². The third-order valence-corrected chi connectivity index (χ3v) is 4.46. The lowest BCUT2D eigenvalue weighted by molar-refractivity contribution is -0.127. The highest BCUT2D eigenvalue weighted by molar-refractivity contribution is 8.00. The summed E-state index contributed by atoms with van der Waals surface area (Å²) in [6.45, 7) is 0.401. The minimum atomic E-state index is -0.426. The van der Waals surface area contributed by atoms with Crippen LogP contribution in [-0.4, -0.2) is 36.7 Å². The van der Waals surface area contributed by atoms with E-state index < -0.39 is 5.97 Å². The molecule has 24 heavy (non-hydrogen) atoms. The number of carbonyl (C=O) groups excluding carboxylic acids is 2. The molecule has 0 saturated heterocycles. The topological polar surface area (TPSA) is 46.6 Å². The summed E-state index contributed by atoms with van der Waals surface area (Å²) >= 11 is 1.29. The Kier molecular flexibility index (Phi) is 6.37. The molecule has 0 aliphatic carbocycles. The first-order chi connectivity index (χ1) is 11.5. The molecule has 0 N–H and O–H groups in total. The number of amides is 1. The van der Waals surface area contributed by atoms with Crippen molar-refractivity contribution in [3.8, 4) is 0 Å². The summed E-state index contributed by atoms with van der Waals surface area (Å²) in [5, 5.41) is 0. The average molecular weight is 347 g/mol. The average Bonchev–Trinajstić information content (AvgIpc) is 2.61. The second kappa shape index (κ2) is 8.49. The molecule has 0 aliphatic heterocycles. The van der Waals surface area contributed by atoms with Crippen molar-refractivity contribution in [3.63, 3.8) is 0 Å². The van der Waals surface area contributed by atoms with Crippen LogP contribution in [0.1, 0.15) is 15.9 Å². The van der Waals surface area contributed by atoms with Crippen molar-refractivity contribution in [2.24, 2.45) is 0 Å². The zero-order valence-corrected chi connectivity index (χ0v) is 14.3. The molecule has 4 nitrogen and oxygen atoms in total. The first-order valence-electron chi connectivity index (χ1n) is 7.30. The van der Waals surface area contributed by atoms with E-state index in [2.05, 4.69) is 0 Å². The number of thioether (sulfide) groups is 1. The zero-order chi connectivity index (χ0) is 17.5. The first kappa shape index (κ1) is 18.0. The van der Waals surface area contributed by atoms with Gasteiger partial charge in [-0.15, -0.1) is 11.8 Å². The van der Waals surface area contributed by atoms with E-state index in [1.165, 1.54) is 31.0 Å². The highest BCUT2D eigenvalue weighted by Gasteiger charge is 2.15. The summed E-state index contributed by atoms with van der Waals surface area (Å²) in [6.07, 6.45) is 0. The van der Waals surface area contributed by atoms with Crippen molar-refractivity contribution in [2.45, 2.75) is 11.4 Å². The van der Waals surface area contributed by atoms with Gasteiger partial charge in [0.2, 0.25) is 5.91 Å². The molecule has 0 atom stereocenters. The summed E-state index contributed by atoms with van der Waals surface area (Å²) < 4.78 is 17.6. The second-order valence-electron chi connectivity index (χ2n) is 5.15. The summed E-state index contributed by atoms with van der Waals surface area (Å²) in [7, 11) is 3.02. The van der Waals surface area contributed by atoms with Crippen LogP contribution in [0.3, 0.4) is 0 Å². The van der Waals surface area contributed by atoms with E-state index in [1.54, 1.807) is 42.3 Å². The van der Waals surface area contributed by atoms with Crippen LogP contribution in [0.2, 0.25) is 0 Å². The Morgan fingerprint density at radius 2 is 1.79 bits per heavy atom. The minimum absolute atomic E-state index is 0.0796. The molecule has 0 saturated carbocycles. The lowest BCUT2D eigenvalue weighted by Gasteiger charge is -2.17. The number of methoxy groups -OCH3 is 1. The molecule has 0 bridgehead atoms. The summed E-state index contributed by atoms with van der Waals surface area (Å²) in [5.74, 6) is -0.608. The normalized spacial score (nSPS) is 10.3. The van der Waals surface area contributed by atoms with Crippen LogP contribution in [-0.2, 0) is 16.1 Å². The highest BCUT2D eigenvalue weighted by Crippen LogP contribution is 2.23. The number of rotatable bonds is 6. The molecule has 0 spiro atoms. The standard InChI is InChI=1S/C18H18FNO3S/c1-20(11-13-7-9-14(19)10-8-13)17(21)12-24-16-6-4-3-5-15(16)18(22)23-2/h3-10H,11-12H2,1-2H3. The molecule has 126 valence electrons. The summed E-state index contributed by atoms with van der Waals surface area (Å²) in [5.41, 5.74) is 1.30. The molecule has 0 aromatic heterocycles. The Morgan fingerprint density at radius 3 is 2.46 bits per heavy atom. The number of benzene rings is 2. The van der Waals surface area contributed by atoms with Crippen LogP contribution in [0, 0.1) is 5.82 Å². The Bertz CT molecular complexity index is 718. The smallest absolute Gasteiger partial charge is 0.338 e. The van der Waals surface area contributed by atoms with Gasteiger partial charge in [-0.05, 0) is 29.8 Å². The maximum Gasteiger partial charge on any atom is 0.338 e. The van der Waals surface area contributed by atoms with Gasteiger partial charge in [0.15, 0.2) is 0 Å². The van der Waals surface area contributed by atoms with Crippen LogP contribution < -0.4 is 0 Å². The van der Waals surface area contributed by atoms with Crippen molar-refractivity contribution < 1.29 is 18.7 Å². The van der Waals surface area contributed by atoms with Gasteiger partial charge in [-0.2, -0.15) is 0 Å². The Morgan fingerprint density at radius 1 is 1.12 bits per heavy atom. The predicted octanol–water partition coefficient (Wildman–Crippen LogP) is 3.36. The van der Waals surface area contributed by atoms with Gasteiger partial charge in [0.25, 0.3) is 0 Å². The fraction of sp³-hybridized carbons (Fsp3) is 0.222. The van der Waals surface area contributed by atoms with E-state index in [0.717, 1.165) is 5.56 Å². The van der Waals surface area contributed by atoms with Gasteiger partial charge >= 0.3 is 5.97 Å². The number of halogens is 1. The van der Waals surface area contributed by atoms with E-state index >= 15 is 0 Å². The van der Waals surface area contributed by atoms with Gasteiger partial charge in [-0.3, -0.25) is 4.79 Å². The summed E-state index contributed by atoms with van der Waals surface area (Å²) in [6, 6.07) is 13.0. The van der Waals surface area contributed by atoms with Gasteiger partial charge in [-0.1, -0.05) is 24.3 Å². The molecular formula is C18H18FNO3S. The summed E-state index contributed by atoms with van der Waals surface area (Å²) in [4.78, 5) is 26.2. The molecule has 1 amide bonds. The number of hydrogen-bond donors (Lipinski definition) is 0. The second-order valence-corrected chi connectivity index (χ2v) is 6.17. The van der Waals surface area contributed by atoms with E-state index in [1.807, 2.05) is 6.07 Å². The van der Waals surface area contributed by atoms with Crippen molar-refractivity contribution in [3.05, 3.63) is 65.5 Å². The lowest BCUT2D eigenvalue weighted by atomic mass is 10.2. The fourth-order valence-corrected chi connectivity index (χ4v) is 3.05. The minimum Gasteiger partial charge on any atom is -0.465 e. The molecule has 2 rings (SSSR count). The Hall–Kier alpha value is -2.34. The predicted molar refractivity (Wildman–Crippen MR) is 91.4 cm³/mol. The monoisotopic (exact) mass is 347 g/mol. The molecule has 0 radical (unpaired) electrons. The van der Waals surface area contributed by atoms with Crippen LogP contribution in [0.15, 0.2) is 53.4 Å². The number of ether oxygens (including phenoxy) is 1. The van der Waals surface area contributed by atoms with Crippen LogP contribution in [0.25, 0.3) is 0 Å². The number of carbonyl (C=O) groups is 2. The lowest BCUT2D eigenvalue weighted by Crippen LogP contribution is -2.27. The van der Waals surface area contributed by atoms with Crippen LogP contribution in [0.4, 0.5) is 4.39 Å². The maximum absolute atomic E-state index is 12.9. The van der Waals surface area contributed by atoms with Gasteiger partial charge in [-0.25, -0.2) is 9.18 Å². The molecule has 2 aromatic carbocycles. The van der Waals surface area contributed by atoms with Crippen LogP contribution in [0.5, 0.6) is 0 Å². The molecule has 0 aliphatic rings. The van der Waals surface area contributed by atoms with E-state index in [9.17, 15) is 14.0 Å². The highest BCUT2D eigenvalue weighted by atomic mass is 32.2. The Balaban J connectivity index is 1.95. The van der Waals surface area contributed by atoms with Crippen molar-refractivity contribution >= 4 is 23.6 Å². The van der Waals surface area contributed by atoms with Crippen molar-refractivity contribution in [1.29, 1.82) is 0 Å². The molecule has 0 fully saturated rings. The largest absolute Gasteiger partial charge is 0.465 e. The van der Waals surface area contributed by atoms with Gasteiger partial charge in [0.1, 0.15) is 5.82 Å². The SMILES string of the molecule is COC(=O)c1ccccc1SCC(=O)N(C)Cc1ccc(F)cc1. The van der Waals surface area contributed by atoms with Gasteiger partial charge in [0.05, 0.1) is 18.4 Å². The zero-order valence-electron chi connectivity index (χ0n) is 13.5. The molecule has 6 heteroatoms. The molecule has 0 heterocycles. The number of esters is 1. The van der Waals surface area contributed by atoms with Gasteiger partial charge in [0, 0.05) is 18.5 Å². The molecule has 0 unspecified atom stereocenters. The van der Waals surface area contributed by atoms with E-state index in [0.29, 0.717) is 17.0 Å². The third kappa shape index (κ3) is 4.83.